The van der Waals surface area contributed by atoms with E-state index in [1.54, 1.807) is 20.4 Å². The number of hydrogen-bond donors (Lipinski definition) is 2. The van der Waals surface area contributed by atoms with E-state index in [0.717, 1.165) is 40.2 Å². The number of nitrogens with one attached hydrogen (secondary N) is 1. The van der Waals surface area contributed by atoms with E-state index in [-0.39, 0.29) is 0 Å². The molecule has 3 aromatic carbocycles. The van der Waals surface area contributed by atoms with Gasteiger partial charge in [-0.1, -0.05) is 48.5 Å². The van der Waals surface area contributed by atoms with E-state index in [1.807, 2.05) is 36.4 Å². The van der Waals surface area contributed by atoms with Gasteiger partial charge in [0.2, 0.25) is 0 Å². The zero-order valence-electron chi connectivity index (χ0n) is 25.5. The molecular formula is C36H40N6O2. The van der Waals surface area contributed by atoms with E-state index in [2.05, 4.69) is 68.6 Å². The lowest BCUT2D eigenvalue weighted by Crippen LogP contribution is -2.24. The van der Waals surface area contributed by atoms with Crippen LogP contribution >= 0.6 is 0 Å². The third-order valence-corrected chi connectivity index (χ3v) is 8.24. The number of benzene rings is 3. The van der Waals surface area contributed by atoms with Crippen LogP contribution in [0.15, 0.2) is 91.1 Å². The third kappa shape index (κ3) is 6.87. The summed E-state index contributed by atoms with van der Waals surface area (Å²) in [6.07, 6.45) is 4.38. The number of anilines is 3. The van der Waals surface area contributed by atoms with E-state index < -0.39 is 0 Å². The topological polar surface area (TPSA) is 88.8 Å². The average Bonchev–Trinajstić information content (AvgIpc) is 3.58. The first-order chi connectivity index (χ1) is 21.6. The molecule has 1 aliphatic heterocycles. The van der Waals surface area contributed by atoms with Crippen molar-refractivity contribution in [3.05, 3.63) is 113 Å². The van der Waals surface area contributed by atoms with Gasteiger partial charge in [-0.3, -0.25) is 4.90 Å². The van der Waals surface area contributed by atoms with Gasteiger partial charge in [0.25, 0.3) is 0 Å². The zero-order valence-corrected chi connectivity index (χ0v) is 25.5. The van der Waals surface area contributed by atoms with E-state index in [4.69, 9.17) is 20.2 Å². The van der Waals surface area contributed by atoms with Gasteiger partial charge in [-0.15, -0.1) is 0 Å². The number of pyridine rings is 2. The Morgan fingerprint density at radius 1 is 0.773 bits per heavy atom. The molecule has 1 aliphatic rings. The lowest BCUT2D eigenvalue weighted by atomic mass is 10.1. The average molecular weight is 589 g/mol. The van der Waals surface area contributed by atoms with Crippen LogP contribution in [0.2, 0.25) is 0 Å². The maximum Gasteiger partial charge on any atom is 0.163 e. The molecule has 0 atom stereocenters. The van der Waals surface area contributed by atoms with Crippen molar-refractivity contribution < 1.29 is 9.47 Å². The Balaban J connectivity index is 1.31. The summed E-state index contributed by atoms with van der Waals surface area (Å²) in [5.41, 5.74) is 13.9. The third-order valence-electron chi connectivity index (χ3n) is 8.24. The Morgan fingerprint density at radius 2 is 1.34 bits per heavy atom. The molecule has 0 amide bonds. The van der Waals surface area contributed by atoms with E-state index in [9.17, 15) is 0 Å². The summed E-state index contributed by atoms with van der Waals surface area (Å²) in [5, 5.41) is 4.43. The number of methoxy groups -OCH3 is 2. The highest BCUT2D eigenvalue weighted by Gasteiger charge is 2.20. The molecule has 0 aliphatic carbocycles. The van der Waals surface area contributed by atoms with Gasteiger partial charge < -0.3 is 25.4 Å². The first-order valence-electron chi connectivity index (χ1n) is 15.2. The predicted molar refractivity (Wildman–Crippen MR) is 178 cm³/mol. The second-order valence-electron chi connectivity index (χ2n) is 11.3. The molecule has 8 heteroatoms. The van der Waals surface area contributed by atoms with Crippen molar-refractivity contribution in [1.82, 2.24) is 14.9 Å². The highest BCUT2D eigenvalue weighted by molar-refractivity contribution is 6.00. The minimum Gasteiger partial charge on any atom is -0.497 e. The van der Waals surface area contributed by atoms with Crippen LogP contribution in [-0.2, 0) is 26.2 Å². The summed E-state index contributed by atoms with van der Waals surface area (Å²) in [4.78, 5) is 14.3. The Kier molecular flexibility index (Phi) is 9.08. The van der Waals surface area contributed by atoms with Crippen LogP contribution in [0.25, 0.3) is 11.0 Å². The van der Waals surface area contributed by atoms with Crippen LogP contribution in [0, 0.1) is 0 Å². The monoisotopic (exact) mass is 588 g/mol. The molecule has 0 spiro atoms. The van der Waals surface area contributed by atoms with Crippen LogP contribution in [0.3, 0.4) is 0 Å². The Bertz CT molecular complexity index is 1620. The molecule has 0 radical (unpaired) electrons. The molecule has 44 heavy (non-hydrogen) atoms. The predicted octanol–water partition coefficient (Wildman–Crippen LogP) is 6.64. The minimum atomic E-state index is 0.596. The summed E-state index contributed by atoms with van der Waals surface area (Å²) >= 11 is 0. The maximum absolute atomic E-state index is 6.99. The summed E-state index contributed by atoms with van der Waals surface area (Å²) in [7, 11) is 3.36. The second kappa shape index (κ2) is 13.7. The largest absolute Gasteiger partial charge is 0.497 e. The van der Waals surface area contributed by atoms with E-state index in [0.29, 0.717) is 36.8 Å². The van der Waals surface area contributed by atoms with Crippen LogP contribution in [0.5, 0.6) is 11.5 Å². The molecule has 6 rings (SSSR count). The van der Waals surface area contributed by atoms with Crippen molar-refractivity contribution in [2.45, 2.75) is 39.0 Å². The smallest absolute Gasteiger partial charge is 0.163 e. The summed E-state index contributed by atoms with van der Waals surface area (Å²) in [5.74, 6) is 2.27. The Labute approximate surface area is 259 Å². The molecule has 5 aromatic rings. The van der Waals surface area contributed by atoms with Gasteiger partial charge in [0.15, 0.2) is 11.5 Å². The summed E-state index contributed by atoms with van der Waals surface area (Å²) in [6.45, 7) is 5.27. The van der Waals surface area contributed by atoms with Crippen molar-refractivity contribution >= 4 is 28.2 Å². The molecule has 0 unspecified atom stereocenters. The highest BCUT2D eigenvalue weighted by Crippen LogP contribution is 2.38. The molecule has 1 saturated heterocycles. The van der Waals surface area contributed by atoms with Crippen LogP contribution < -0.4 is 25.4 Å². The Morgan fingerprint density at radius 3 is 1.93 bits per heavy atom. The van der Waals surface area contributed by atoms with Gasteiger partial charge in [0, 0.05) is 37.8 Å². The SMILES string of the molecule is COc1ccc(CN(Cc2ccc(OC)cc2)c2c(N)c(NCc3ccc(CN4CCCC4)cc3)nc3ncccc23)cc1. The number of aromatic nitrogens is 2. The number of fused-ring (bicyclic) bond motifs is 1. The number of nitrogens with zero attached hydrogens (tertiary/aromatic N) is 4. The maximum atomic E-state index is 6.99. The van der Waals surface area contributed by atoms with Crippen LogP contribution in [0.1, 0.15) is 35.1 Å². The zero-order chi connectivity index (χ0) is 30.3. The number of rotatable bonds is 12. The van der Waals surface area contributed by atoms with Gasteiger partial charge in [0.1, 0.15) is 11.5 Å². The van der Waals surface area contributed by atoms with Crippen molar-refractivity contribution in [2.75, 3.05) is 43.3 Å². The van der Waals surface area contributed by atoms with Crippen molar-refractivity contribution in [3.63, 3.8) is 0 Å². The van der Waals surface area contributed by atoms with Gasteiger partial charge in [-0.25, -0.2) is 9.97 Å². The lowest BCUT2D eigenvalue weighted by Gasteiger charge is -2.29. The number of likely N-dealkylation sites (tertiary alicyclic amines) is 1. The molecule has 2 aromatic heterocycles. The van der Waals surface area contributed by atoms with Gasteiger partial charge in [-0.2, -0.15) is 0 Å². The molecule has 8 nitrogen and oxygen atoms in total. The summed E-state index contributed by atoms with van der Waals surface area (Å²) in [6, 6.07) is 29.1. The fourth-order valence-corrected chi connectivity index (χ4v) is 5.83. The van der Waals surface area contributed by atoms with Crippen LogP contribution in [-0.4, -0.2) is 42.2 Å². The van der Waals surface area contributed by atoms with Crippen molar-refractivity contribution in [1.29, 1.82) is 0 Å². The van der Waals surface area contributed by atoms with Gasteiger partial charge >= 0.3 is 0 Å². The quantitative estimate of drug-likeness (QED) is 0.168. The number of nitrogen functional groups attached to an aromatic ring is 1. The molecule has 0 saturated carbocycles. The minimum absolute atomic E-state index is 0.596. The Hall–Kier alpha value is -4.82. The fourth-order valence-electron chi connectivity index (χ4n) is 5.83. The second-order valence-corrected chi connectivity index (χ2v) is 11.3. The summed E-state index contributed by atoms with van der Waals surface area (Å²) < 4.78 is 10.8. The standard InChI is InChI=1S/C36H40N6O2/c1-43-30-15-11-28(12-16-30)24-42(25-29-13-17-31(44-2)18-14-29)34-32-6-5-19-38-35(32)40-36(33(34)37)39-22-26-7-9-27(10-8-26)23-41-20-3-4-21-41/h5-19H,3-4,20-25,37H2,1-2H3,(H,38,39,40). The number of nitrogens with two attached hydrogens (primary N) is 1. The first-order valence-corrected chi connectivity index (χ1v) is 15.2. The molecular weight excluding hydrogens is 548 g/mol. The van der Waals surface area contributed by atoms with E-state index >= 15 is 0 Å². The normalized spacial score (nSPS) is 13.2. The van der Waals surface area contributed by atoms with Gasteiger partial charge in [-0.05, 0) is 84.6 Å². The molecule has 3 heterocycles. The van der Waals surface area contributed by atoms with Crippen molar-refractivity contribution in [3.8, 4) is 11.5 Å². The van der Waals surface area contributed by atoms with Gasteiger partial charge in [0.05, 0.1) is 25.6 Å². The molecule has 3 N–H and O–H groups in total. The molecule has 0 bridgehead atoms. The fraction of sp³-hybridized carbons (Fsp3) is 0.278. The highest BCUT2D eigenvalue weighted by atomic mass is 16.5. The van der Waals surface area contributed by atoms with Crippen molar-refractivity contribution in [2.24, 2.45) is 0 Å². The van der Waals surface area contributed by atoms with Crippen LogP contribution in [0.4, 0.5) is 17.2 Å². The molecule has 226 valence electrons. The lowest BCUT2D eigenvalue weighted by molar-refractivity contribution is 0.331. The first kappa shape index (κ1) is 29.3. The van der Waals surface area contributed by atoms with E-state index in [1.165, 1.54) is 37.1 Å². The number of ether oxygens (including phenoxy) is 2. The number of hydrogen-bond acceptors (Lipinski definition) is 8. The molecule has 1 fully saturated rings.